The van der Waals surface area contributed by atoms with Gasteiger partial charge in [-0.25, -0.2) is 0 Å². The third-order valence-corrected chi connectivity index (χ3v) is 2.51. The van der Waals surface area contributed by atoms with Crippen LogP contribution in [-0.4, -0.2) is 41.5 Å². The third kappa shape index (κ3) is 3.54. The van der Waals surface area contributed by atoms with Crippen LogP contribution in [0.15, 0.2) is 0 Å². The van der Waals surface area contributed by atoms with Gasteiger partial charge in [0, 0.05) is 19.4 Å². The van der Waals surface area contributed by atoms with Gasteiger partial charge in [-0.3, -0.25) is 24.7 Å². The molecule has 7 nitrogen and oxygen atoms in total. The van der Waals surface area contributed by atoms with Gasteiger partial charge in [0.15, 0.2) is 5.96 Å². The van der Waals surface area contributed by atoms with Crippen molar-refractivity contribution in [2.24, 2.45) is 5.73 Å². The molecule has 1 saturated heterocycles. The number of imide groups is 1. The second kappa shape index (κ2) is 5.97. The highest BCUT2D eigenvalue weighted by Crippen LogP contribution is 2.17. The lowest BCUT2D eigenvalue weighted by atomic mass is 10.1. The van der Waals surface area contributed by atoms with Crippen LogP contribution in [0.25, 0.3) is 0 Å². The van der Waals surface area contributed by atoms with Crippen molar-refractivity contribution in [3.63, 3.8) is 0 Å². The van der Waals surface area contributed by atoms with Crippen molar-refractivity contribution in [2.75, 3.05) is 6.54 Å². The normalized spacial score (nSPS) is 17.1. The zero-order chi connectivity index (χ0) is 12.8. The molecule has 7 heteroatoms. The minimum atomic E-state index is -0.814. The van der Waals surface area contributed by atoms with Gasteiger partial charge in [0.05, 0.1) is 0 Å². The second-order valence-electron chi connectivity index (χ2n) is 3.77. The van der Waals surface area contributed by atoms with Gasteiger partial charge >= 0.3 is 0 Å². The molecule has 1 radical (unpaired) electrons. The van der Waals surface area contributed by atoms with Gasteiger partial charge < -0.3 is 11.1 Å². The lowest BCUT2D eigenvalue weighted by Gasteiger charge is -2.20. The summed E-state index contributed by atoms with van der Waals surface area (Å²) >= 11 is 0. The van der Waals surface area contributed by atoms with Gasteiger partial charge in [-0.2, -0.15) is 0 Å². The summed E-state index contributed by atoms with van der Waals surface area (Å²) in [5, 5.41) is 9.51. The van der Waals surface area contributed by atoms with Crippen molar-refractivity contribution >= 4 is 24.1 Å². The van der Waals surface area contributed by atoms with Gasteiger partial charge in [-0.15, -0.1) is 0 Å². The zero-order valence-electron chi connectivity index (χ0n) is 9.36. The molecule has 2 amide bonds. The number of amides is 2. The summed E-state index contributed by atoms with van der Waals surface area (Å²) in [6, 6.07) is -0.814. The number of rotatable bonds is 6. The molecular weight excluding hydrogens is 224 g/mol. The van der Waals surface area contributed by atoms with E-state index in [4.69, 9.17) is 11.1 Å². The van der Waals surface area contributed by atoms with E-state index in [9.17, 15) is 14.4 Å². The molecule has 0 spiro atoms. The fourth-order valence-corrected chi connectivity index (χ4v) is 1.70. The van der Waals surface area contributed by atoms with E-state index in [0.29, 0.717) is 19.4 Å². The quantitative estimate of drug-likeness (QED) is 0.235. The van der Waals surface area contributed by atoms with E-state index < -0.39 is 6.04 Å². The summed E-state index contributed by atoms with van der Waals surface area (Å²) in [5.41, 5.74) is 5.08. The molecular formula is C10H15N4O3. The summed E-state index contributed by atoms with van der Waals surface area (Å²) in [5.74, 6) is -0.782. The van der Waals surface area contributed by atoms with E-state index in [0.717, 1.165) is 4.90 Å². The van der Waals surface area contributed by atoms with Crippen LogP contribution in [0.5, 0.6) is 0 Å². The third-order valence-electron chi connectivity index (χ3n) is 2.51. The predicted octanol–water partition coefficient (Wildman–Crippen LogP) is -1.12. The Balaban J connectivity index is 2.42. The van der Waals surface area contributed by atoms with Crippen LogP contribution in [-0.2, 0) is 14.4 Å². The molecule has 0 saturated carbocycles. The predicted molar refractivity (Wildman–Crippen MR) is 59.7 cm³/mol. The van der Waals surface area contributed by atoms with Gasteiger partial charge in [0.25, 0.3) is 0 Å². The van der Waals surface area contributed by atoms with Crippen molar-refractivity contribution < 1.29 is 14.4 Å². The maximum Gasteiger partial charge on any atom is 0.230 e. The number of hydrogen-bond donors (Lipinski definition) is 3. The number of likely N-dealkylation sites (tertiary alicyclic amines) is 1. The molecule has 1 heterocycles. The van der Waals surface area contributed by atoms with Crippen LogP contribution in [0.1, 0.15) is 25.7 Å². The minimum Gasteiger partial charge on any atom is -0.370 e. The number of nitrogens with zero attached hydrogens (tertiary/aromatic N) is 1. The van der Waals surface area contributed by atoms with Crippen LogP contribution < -0.4 is 11.1 Å². The first-order chi connectivity index (χ1) is 8.06. The Bertz CT molecular complexity index is 326. The van der Waals surface area contributed by atoms with Crippen molar-refractivity contribution in [1.29, 1.82) is 5.41 Å². The summed E-state index contributed by atoms with van der Waals surface area (Å²) < 4.78 is 0. The highest BCUT2D eigenvalue weighted by atomic mass is 16.2. The average Bonchev–Trinajstić information content (AvgIpc) is 2.60. The molecule has 0 aromatic heterocycles. The van der Waals surface area contributed by atoms with Crippen molar-refractivity contribution in [3.8, 4) is 0 Å². The smallest absolute Gasteiger partial charge is 0.230 e. The summed E-state index contributed by atoms with van der Waals surface area (Å²) in [6.45, 7) is 0.420. The number of nitrogens with two attached hydrogens (primary N) is 1. The summed E-state index contributed by atoms with van der Waals surface area (Å²) in [4.78, 5) is 34.5. The Morgan fingerprint density at radius 2 is 2.06 bits per heavy atom. The van der Waals surface area contributed by atoms with Crippen LogP contribution in [0.3, 0.4) is 0 Å². The standard InChI is InChI=1S/C10H15N4O3/c11-10(12)13-5-1-2-7(6-15)14-8(16)3-4-9(14)17/h7H,1-5H2,(H4,11,12,13)/t7-/m0/s1. The molecule has 0 aromatic carbocycles. The molecule has 17 heavy (non-hydrogen) atoms. The van der Waals surface area contributed by atoms with E-state index in [-0.39, 0.29) is 30.6 Å². The maximum atomic E-state index is 11.4. The van der Waals surface area contributed by atoms with Crippen molar-refractivity contribution in [1.82, 2.24) is 10.2 Å². The summed E-state index contributed by atoms with van der Waals surface area (Å²) in [6.07, 6.45) is 2.91. The molecule has 1 atom stereocenters. The number of carbonyl (C=O) groups is 2. The molecule has 0 unspecified atom stereocenters. The SMILES string of the molecule is N=C(N)NCCC[C@@H]([C]=O)N1C(=O)CCC1=O. The highest BCUT2D eigenvalue weighted by molar-refractivity contribution is 6.03. The zero-order valence-corrected chi connectivity index (χ0v) is 9.36. The van der Waals surface area contributed by atoms with Crippen LogP contribution >= 0.6 is 0 Å². The van der Waals surface area contributed by atoms with Gasteiger partial charge in [-0.05, 0) is 12.8 Å². The van der Waals surface area contributed by atoms with Gasteiger partial charge in [0.1, 0.15) is 6.04 Å². The largest absolute Gasteiger partial charge is 0.370 e. The number of carbonyl (C=O) groups excluding carboxylic acids is 3. The Labute approximate surface area is 98.8 Å². The van der Waals surface area contributed by atoms with Crippen LogP contribution in [0.2, 0.25) is 0 Å². The number of guanidine groups is 1. The molecule has 0 aliphatic carbocycles. The van der Waals surface area contributed by atoms with Gasteiger partial charge in [0.2, 0.25) is 18.1 Å². The molecule has 1 fully saturated rings. The number of hydrogen-bond acceptors (Lipinski definition) is 4. The first kappa shape index (κ1) is 13.1. The Hall–Kier alpha value is -1.92. The Kier molecular flexibility index (Phi) is 4.62. The first-order valence-corrected chi connectivity index (χ1v) is 5.36. The fraction of sp³-hybridized carbons (Fsp3) is 0.600. The molecule has 0 aromatic rings. The van der Waals surface area contributed by atoms with Crippen molar-refractivity contribution in [3.05, 3.63) is 0 Å². The van der Waals surface area contributed by atoms with Crippen LogP contribution in [0, 0.1) is 5.41 Å². The lowest BCUT2D eigenvalue weighted by molar-refractivity contribution is -0.139. The highest BCUT2D eigenvalue weighted by Gasteiger charge is 2.34. The van der Waals surface area contributed by atoms with E-state index in [1.165, 1.54) is 0 Å². The van der Waals surface area contributed by atoms with Gasteiger partial charge in [-0.1, -0.05) is 0 Å². The van der Waals surface area contributed by atoms with E-state index >= 15 is 0 Å². The first-order valence-electron chi connectivity index (χ1n) is 5.36. The molecule has 1 aliphatic heterocycles. The monoisotopic (exact) mass is 239 g/mol. The minimum absolute atomic E-state index is 0.148. The van der Waals surface area contributed by atoms with Crippen molar-refractivity contribution in [2.45, 2.75) is 31.7 Å². The average molecular weight is 239 g/mol. The molecule has 1 aliphatic rings. The molecule has 93 valence electrons. The molecule has 0 bridgehead atoms. The fourth-order valence-electron chi connectivity index (χ4n) is 1.70. The molecule has 4 N–H and O–H groups in total. The lowest BCUT2D eigenvalue weighted by Crippen LogP contribution is -2.41. The Morgan fingerprint density at radius 1 is 1.47 bits per heavy atom. The topological polar surface area (TPSA) is 116 Å². The van der Waals surface area contributed by atoms with E-state index in [2.05, 4.69) is 5.32 Å². The maximum absolute atomic E-state index is 11.4. The molecule has 1 rings (SSSR count). The van der Waals surface area contributed by atoms with Crippen LogP contribution in [0.4, 0.5) is 0 Å². The number of nitrogens with one attached hydrogen (secondary N) is 2. The second-order valence-corrected chi connectivity index (χ2v) is 3.77. The van der Waals surface area contributed by atoms with E-state index in [1.807, 2.05) is 0 Å². The summed E-state index contributed by atoms with van der Waals surface area (Å²) in [7, 11) is 0. The Morgan fingerprint density at radius 3 is 2.53 bits per heavy atom. The van der Waals surface area contributed by atoms with E-state index in [1.54, 1.807) is 6.29 Å².